The first-order chi connectivity index (χ1) is 12.5. The highest BCUT2D eigenvalue weighted by Gasteiger charge is 2.31. The quantitative estimate of drug-likeness (QED) is 0.754. The molecular formula is C19H18FN3O3. The molecule has 1 aliphatic heterocycles. The molecule has 1 saturated heterocycles. The lowest BCUT2D eigenvalue weighted by Gasteiger charge is -2.20. The Labute approximate surface area is 148 Å². The van der Waals surface area contributed by atoms with E-state index in [1.54, 1.807) is 31.4 Å². The number of ether oxygens (including phenoxy) is 1. The number of aromatic nitrogens is 2. The maximum absolute atomic E-state index is 13.2. The second kappa shape index (κ2) is 6.42. The number of aryl methyl sites for hydroxylation is 1. The lowest BCUT2D eigenvalue weighted by molar-refractivity contribution is 0.0929. The van der Waals surface area contributed by atoms with Crippen LogP contribution in [0.25, 0.3) is 10.9 Å². The zero-order valence-electron chi connectivity index (χ0n) is 14.2. The van der Waals surface area contributed by atoms with Crippen molar-refractivity contribution in [2.24, 2.45) is 7.05 Å². The van der Waals surface area contributed by atoms with E-state index in [1.165, 1.54) is 22.9 Å². The summed E-state index contributed by atoms with van der Waals surface area (Å²) in [5.74, 6) is -0.616. The number of aromatic amines is 1. The van der Waals surface area contributed by atoms with Gasteiger partial charge in [0.05, 0.1) is 24.8 Å². The Hall–Kier alpha value is -2.93. The van der Waals surface area contributed by atoms with E-state index in [2.05, 4.69) is 10.3 Å². The molecule has 7 heteroatoms. The fraction of sp³-hybridized carbons (Fsp3) is 0.263. The second-order valence-electron chi connectivity index (χ2n) is 6.50. The van der Waals surface area contributed by atoms with Gasteiger partial charge < -0.3 is 19.6 Å². The fourth-order valence-corrected chi connectivity index (χ4v) is 3.43. The zero-order chi connectivity index (χ0) is 18.3. The van der Waals surface area contributed by atoms with Crippen LogP contribution in [0.2, 0.25) is 0 Å². The number of pyridine rings is 1. The first-order valence-electron chi connectivity index (χ1n) is 8.35. The van der Waals surface area contributed by atoms with E-state index >= 15 is 0 Å². The molecule has 26 heavy (non-hydrogen) atoms. The van der Waals surface area contributed by atoms with Crippen molar-refractivity contribution in [3.8, 4) is 0 Å². The summed E-state index contributed by atoms with van der Waals surface area (Å²) in [4.78, 5) is 27.9. The van der Waals surface area contributed by atoms with Gasteiger partial charge in [0.15, 0.2) is 0 Å². The number of H-pyrrole nitrogens is 1. The van der Waals surface area contributed by atoms with E-state index in [0.717, 1.165) is 5.56 Å². The van der Waals surface area contributed by atoms with Gasteiger partial charge in [-0.25, -0.2) is 4.39 Å². The molecule has 4 rings (SSSR count). The van der Waals surface area contributed by atoms with Crippen LogP contribution in [0.4, 0.5) is 4.39 Å². The molecule has 0 radical (unpaired) electrons. The van der Waals surface area contributed by atoms with Gasteiger partial charge in [0.1, 0.15) is 11.3 Å². The average molecular weight is 355 g/mol. The Morgan fingerprint density at radius 3 is 2.81 bits per heavy atom. The molecule has 2 N–H and O–H groups in total. The van der Waals surface area contributed by atoms with Gasteiger partial charge in [-0.15, -0.1) is 0 Å². The number of fused-ring (bicyclic) bond motifs is 1. The number of nitrogens with one attached hydrogen (secondary N) is 2. The van der Waals surface area contributed by atoms with E-state index in [1.807, 2.05) is 0 Å². The average Bonchev–Trinajstić information content (AvgIpc) is 3.28. The third kappa shape index (κ3) is 2.80. The topological polar surface area (TPSA) is 76.1 Å². The van der Waals surface area contributed by atoms with E-state index in [0.29, 0.717) is 29.7 Å². The third-order valence-corrected chi connectivity index (χ3v) is 4.83. The minimum Gasteiger partial charge on any atom is -0.379 e. The van der Waals surface area contributed by atoms with Gasteiger partial charge in [0.2, 0.25) is 0 Å². The van der Waals surface area contributed by atoms with Gasteiger partial charge in [0.25, 0.3) is 11.5 Å². The van der Waals surface area contributed by atoms with Crippen molar-refractivity contribution < 1.29 is 13.9 Å². The summed E-state index contributed by atoms with van der Waals surface area (Å²) in [5.41, 5.74) is 1.56. The lowest BCUT2D eigenvalue weighted by Crippen LogP contribution is -2.39. The number of rotatable bonds is 3. The monoisotopic (exact) mass is 355 g/mol. The molecule has 3 aromatic rings. The van der Waals surface area contributed by atoms with Gasteiger partial charge in [0, 0.05) is 30.7 Å². The first-order valence-corrected chi connectivity index (χ1v) is 8.35. The molecule has 1 unspecified atom stereocenters. The predicted octanol–water partition coefficient (Wildman–Crippen LogP) is 1.92. The van der Waals surface area contributed by atoms with Crippen molar-refractivity contribution in [3.63, 3.8) is 0 Å². The van der Waals surface area contributed by atoms with E-state index in [9.17, 15) is 14.0 Å². The molecule has 2 atom stereocenters. The Balaban J connectivity index is 1.62. The number of carbonyl (C=O) groups is 1. The molecule has 1 amide bonds. The van der Waals surface area contributed by atoms with Crippen LogP contribution in [-0.4, -0.2) is 34.7 Å². The van der Waals surface area contributed by atoms with Crippen molar-refractivity contribution in [2.45, 2.75) is 12.0 Å². The molecule has 1 aromatic carbocycles. The second-order valence-corrected chi connectivity index (χ2v) is 6.50. The number of benzene rings is 1. The summed E-state index contributed by atoms with van der Waals surface area (Å²) in [6.45, 7) is 0.846. The molecule has 3 heterocycles. The van der Waals surface area contributed by atoms with Crippen LogP contribution < -0.4 is 10.9 Å². The maximum atomic E-state index is 13.2. The molecule has 0 spiro atoms. The largest absolute Gasteiger partial charge is 0.379 e. The summed E-state index contributed by atoms with van der Waals surface area (Å²) in [5, 5.41) is 3.59. The molecule has 0 saturated carbocycles. The van der Waals surface area contributed by atoms with Crippen LogP contribution in [-0.2, 0) is 11.8 Å². The summed E-state index contributed by atoms with van der Waals surface area (Å²) < 4.78 is 20.1. The third-order valence-electron chi connectivity index (χ3n) is 4.83. The molecule has 1 fully saturated rings. The smallest absolute Gasteiger partial charge is 0.274 e. The Morgan fingerprint density at radius 1 is 1.27 bits per heavy atom. The highest BCUT2D eigenvalue weighted by atomic mass is 19.1. The van der Waals surface area contributed by atoms with E-state index in [4.69, 9.17) is 4.74 Å². The zero-order valence-corrected chi connectivity index (χ0v) is 14.2. The Kier molecular flexibility index (Phi) is 4.08. The predicted molar refractivity (Wildman–Crippen MR) is 94.8 cm³/mol. The van der Waals surface area contributed by atoms with E-state index in [-0.39, 0.29) is 29.2 Å². The summed E-state index contributed by atoms with van der Waals surface area (Å²) in [6, 6.07) is 7.73. The maximum Gasteiger partial charge on any atom is 0.274 e. The van der Waals surface area contributed by atoms with Crippen LogP contribution in [0.1, 0.15) is 21.8 Å². The summed E-state index contributed by atoms with van der Waals surface area (Å²) >= 11 is 0. The summed E-state index contributed by atoms with van der Waals surface area (Å²) in [7, 11) is 1.61. The van der Waals surface area contributed by atoms with Crippen molar-refractivity contribution in [3.05, 3.63) is 70.0 Å². The van der Waals surface area contributed by atoms with Crippen LogP contribution in [0.5, 0.6) is 0 Å². The van der Waals surface area contributed by atoms with Gasteiger partial charge in [-0.3, -0.25) is 9.59 Å². The molecule has 0 bridgehead atoms. The standard InChI is InChI=1S/C19H18FN3O3/c1-23-8-14(13-6-7-21-17(13)19(23)25)18(24)22-16-10-26-9-15(16)11-2-4-12(20)5-3-11/h2-8,15-16,21H,9-10H2,1H3,(H,22,24)/t15-,16?/m0/s1. The van der Waals surface area contributed by atoms with Gasteiger partial charge in [-0.1, -0.05) is 12.1 Å². The fourth-order valence-electron chi connectivity index (χ4n) is 3.43. The van der Waals surface area contributed by atoms with Crippen molar-refractivity contribution in [1.29, 1.82) is 0 Å². The molecular weight excluding hydrogens is 337 g/mol. The normalized spacial score (nSPS) is 19.8. The Bertz CT molecular complexity index is 1020. The molecule has 0 aliphatic carbocycles. The number of hydrogen-bond donors (Lipinski definition) is 2. The van der Waals surface area contributed by atoms with Gasteiger partial charge in [-0.2, -0.15) is 0 Å². The minimum absolute atomic E-state index is 0.0474. The Morgan fingerprint density at radius 2 is 2.04 bits per heavy atom. The van der Waals surface area contributed by atoms with Crippen LogP contribution in [0.15, 0.2) is 47.5 Å². The molecule has 1 aliphatic rings. The molecule has 2 aromatic heterocycles. The van der Waals surface area contributed by atoms with Crippen molar-refractivity contribution in [2.75, 3.05) is 13.2 Å². The molecule has 6 nitrogen and oxygen atoms in total. The van der Waals surface area contributed by atoms with Gasteiger partial charge in [-0.05, 0) is 23.8 Å². The van der Waals surface area contributed by atoms with Crippen LogP contribution >= 0.6 is 0 Å². The van der Waals surface area contributed by atoms with Crippen molar-refractivity contribution >= 4 is 16.8 Å². The van der Waals surface area contributed by atoms with Crippen molar-refractivity contribution in [1.82, 2.24) is 14.9 Å². The molecule has 134 valence electrons. The highest BCUT2D eigenvalue weighted by Crippen LogP contribution is 2.26. The summed E-state index contributed by atoms with van der Waals surface area (Å²) in [6.07, 6.45) is 3.18. The lowest BCUT2D eigenvalue weighted by atomic mass is 9.94. The van der Waals surface area contributed by atoms with E-state index < -0.39 is 0 Å². The minimum atomic E-state index is -0.298. The number of nitrogens with zero attached hydrogens (tertiary/aromatic N) is 1. The van der Waals surface area contributed by atoms with Crippen LogP contribution in [0, 0.1) is 5.82 Å². The van der Waals surface area contributed by atoms with Crippen LogP contribution in [0.3, 0.4) is 0 Å². The highest BCUT2D eigenvalue weighted by molar-refractivity contribution is 6.06. The number of halogens is 1. The first kappa shape index (κ1) is 16.5. The number of hydrogen-bond acceptors (Lipinski definition) is 3. The number of amides is 1. The van der Waals surface area contributed by atoms with Gasteiger partial charge >= 0.3 is 0 Å². The number of carbonyl (C=O) groups excluding carboxylic acids is 1. The SMILES string of the molecule is Cn1cc(C(=O)NC2COC[C@H]2c2ccc(F)cc2)c2cc[nH]c2c1=O.